The SMILES string of the molecule is C[C@@H](CCc1ccccc1)NC(=O)c1c(N)n(/N=C\c2ccc(O)c(O)c2)c2nc3ccccc3nc12. The van der Waals surface area contributed by atoms with E-state index in [2.05, 4.69) is 27.5 Å². The van der Waals surface area contributed by atoms with E-state index in [0.29, 0.717) is 27.8 Å². The Hall–Kier alpha value is -4.92. The number of amides is 1. The van der Waals surface area contributed by atoms with Gasteiger partial charge in [-0.25, -0.2) is 9.97 Å². The minimum Gasteiger partial charge on any atom is -0.504 e. The van der Waals surface area contributed by atoms with Crippen molar-refractivity contribution in [1.29, 1.82) is 0 Å². The summed E-state index contributed by atoms with van der Waals surface area (Å²) in [6, 6.07) is 21.6. The molecule has 0 aliphatic carbocycles. The number of aryl methyl sites for hydroxylation is 1. The molecule has 0 fully saturated rings. The molecular weight excluding hydrogens is 468 g/mol. The zero-order chi connectivity index (χ0) is 25.9. The van der Waals surface area contributed by atoms with Crippen molar-refractivity contribution >= 4 is 40.1 Å². The number of hydrogen-bond acceptors (Lipinski definition) is 7. The van der Waals surface area contributed by atoms with Crippen LogP contribution in [0.1, 0.15) is 34.8 Å². The highest BCUT2D eigenvalue weighted by molar-refractivity contribution is 6.10. The first kappa shape index (κ1) is 23.8. The van der Waals surface area contributed by atoms with Gasteiger partial charge in [0.15, 0.2) is 17.1 Å². The number of benzene rings is 3. The summed E-state index contributed by atoms with van der Waals surface area (Å²) >= 11 is 0. The third-order valence-electron chi connectivity index (χ3n) is 6.11. The Morgan fingerprint density at radius 3 is 2.46 bits per heavy atom. The van der Waals surface area contributed by atoms with E-state index in [9.17, 15) is 15.0 Å². The van der Waals surface area contributed by atoms with Gasteiger partial charge in [0.25, 0.3) is 5.91 Å². The quantitative estimate of drug-likeness (QED) is 0.197. The summed E-state index contributed by atoms with van der Waals surface area (Å²) in [5.41, 5.74) is 10.3. The van der Waals surface area contributed by atoms with E-state index in [0.717, 1.165) is 12.8 Å². The van der Waals surface area contributed by atoms with Gasteiger partial charge in [-0.1, -0.05) is 42.5 Å². The van der Waals surface area contributed by atoms with Crippen LogP contribution in [0.5, 0.6) is 11.5 Å². The molecule has 0 aliphatic heterocycles. The lowest BCUT2D eigenvalue weighted by molar-refractivity contribution is 0.0940. The van der Waals surface area contributed by atoms with Gasteiger partial charge in [0, 0.05) is 6.04 Å². The first-order valence-corrected chi connectivity index (χ1v) is 11.9. The van der Waals surface area contributed by atoms with Crippen LogP contribution in [0.15, 0.2) is 77.9 Å². The molecular formula is C28H26N6O3. The topological polar surface area (TPSA) is 139 Å². The van der Waals surface area contributed by atoms with Crippen LogP contribution < -0.4 is 11.1 Å². The second-order valence-corrected chi connectivity index (χ2v) is 8.85. The van der Waals surface area contributed by atoms with Gasteiger partial charge in [-0.05, 0) is 61.2 Å². The van der Waals surface area contributed by atoms with E-state index in [1.807, 2.05) is 49.4 Å². The van der Waals surface area contributed by atoms with Crippen LogP contribution in [0, 0.1) is 0 Å². The molecule has 0 saturated heterocycles. The molecule has 37 heavy (non-hydrogen) atoms. The lowest BCUT2D eigenvalue weighted by Crippen LogP contribution is -2.33. The fraction of sp³-hybridized carbons (Fsp3) is 0.143. The molecule has 5 N–H and O–H groups in total. The van der Waals surface area contributed by atoms with Gasteiger partial charge in [-0.15, -0.1) is 0 Å². The van der Waals surface area contributed by atoms with E-state index in [1.54, 1.807) is 6.07 Å². The Morgan fingerprint density at radius 1 is 1.03 bits per heavy atom. The number of nitrogens with one attached hydrogen (secondary N) is 1. The van der Waals surface area contributed by atoms with Crippen molar-refractivity contribution in [2.24, 2.45) is 5.10 Å². The maximum Gasteiger partial charge on any atom is 0.257 e. The first-order valence-electron chi connectivity index (χ1n) is 11.9. The lowest BCUT2D eigenvalue weighted by atomic mass is 10.1. The normalized spacial score (nSPS) is 12.4. The summed E-state index contributed by atoms with van der Waals surface area (Å²) < 4.78 is 1.36. The summed E-state index contributed by atoms with van der Waals surface area (Å²) in [5, 5.41) is 26.8. The van der Waals surface area contributed by atoms with E-state index < -0.39 is 0 Å². The largest absolute Gasteiger partial charge is 0.504 e. The van der Waals surface area contributed by atoms with Crippen LogP contribution in [0.4, 0.5) is 5.82 Å². The van der Waals surface area contributed by atoms with Crippen molar-refractivity contribution in [2.45, 2.75) is 25.8 Å². The van der Waals surface area contributed by atoms with Gasteiger partial charge in [0.05, 0.1) is 17.2 Å². The third-order valence-corrected chi connectivity index (χ3v) is 6.11. The molecule has 9 heteroatoms. The van der Waals surface area contributed by atoms with Crippen LogP contribution >= 0.6 is 0 Å². The van der Waals surface area contributed by atoms with E-state index in [-0.39, 0.29) is 34.8 Å². The van der Waals surface area contributed by atoms with E-state index >= 15 is 0 Å². The highest BCUT2D eigenvalue weighted by Crippen LogP contribution is 2.28. The number of hydrogen-bond donors (Lipinski definition) is 4. The highest BCUT2D eigenvalue weighted by Gasteiger charge is 2.25. The number of phenols is 2. The molecule has 2 heterocycles. The smallest absolute Gasteiger partial charge is 0.257 e. The van der Waals surface area contributed by atoms with Crippen LogP contribution in [0.25, 0.3) is 22.2 Å². The highest BCUT2D eigenvalue weighted by atomic mass is 16.3. The first-order chi connectivity index (χ1) is 17.9. The van der Waals surface area contributed by atoms with E-state index in [1.165, 1.54) is 28.6 Å². The standard InChI is InChI=1S/C28H26N6O3/c1-17(11-12-18-7-3-2-4-8-18)31-28(37)24-25-27(33-21-10-6-5-9-20(21)32-25)34(26(24)29)30-16-19-13-14-22(35)23(36)15-19/h2-10,13-17,35-36H,11-12,29H2,1H3,(H,31,37)/b30-16-/t17-/m0/s1. The van der Waals surface area contributed by atoms with Gasteiger partial charge < -0.3 is 21.3 Å². The van der Waals surface area contributed by atoms with Crippen molar-refractivity contribution < 1.29 is 15.0 Å². The molecule has 1 atom stereocenters. The zero-order valence-electron chi connectivity index (χ0n) is 20.2. The average Bonchev–Trinajstić information content (AvgIpc) is 3.17. The minimum atomic E-state index is -0.358. The Morgan fingerprint density at radius 2 is 1.73 bits per heavy atom. The molecule has 2 aromatic heterocycles. The van der Waals surface area contributed by atoms with Crippen molar-refractivity contribution in [1.82, 2.24) is 20.0 Å². The van der Waals surface area contributed by atoms with Gasteiger partial charge in [0.1, 0.15) is 16.9 Å². The number of aromatic hydroxyl groups is 2. The van der Waals surface area contributed by atoms with E-state index in [4.69, 9.17) is 10.7 Å². The number of carbonyl (C=O) groups excluding carboxylic acids is 1. The number of para-hydroxylation sites is 2. The van der Waals surface area contributed by atoms with Crippen LogP contribution in [0.2, 0.25) is 0 Å². The number of phenolic OH excluding ortho intramolecular Hbond substituents is 2. The Balaban J connectivity index is 1.50. The number of rotatable bonds is 7. The van der Waals surface area contributed by atoms with Crippen molar-refractivity contribution in [3.63, 3.8) is 0 Å². The molecule has 0 bridgehead atoms. The Bertz CT molecular complexity index is 1630. The molecule has 3 aromatic carbocycles. The second-order valence-electron chi connectivity index (χ2n) is 8.85. The van der Waals surface area contributed by atoms with Gasteiger partial charge in [-0.3, -0.25) is 4.79 Å². The second kappa shape index (κ2) is 9.98. The van der Waals surface area contributed by atoms with Crippen molar-refractivity contribution in [3.8, 4) is 11.5 Å². The fourth-order valence-electron chi connectivity index (χ4n) is 4.13. The fourth-order valence-corrected chi connectivity index (χ4v) is 4.13. The average molecular weight is 495 g/mol. The molecule has 0 spiro atoms. The number of fused-ring (bicyclic) bond motifs is 2. The lowest BCUT2D eigenvalue weighted by Gasteiger charge is -2.14. The van der Waals surface area contributed by atoms with Gasteiger partial charge in [-0.2, -0.15) is 9.78 Å². The summed E-state index contributed by atoms with van der Waals surface area (Å²) in [6.07, 6.45) is 3.04. The molecule has 186 valence electrons. The molecule has 9 nitrogen and oxygen atoms in total. The van der Waals surface area contributed by atoms with Crippen LogP contribution in [-0.4, -0.2) is 43.0 Å². The van der Waals surface area contributed by atoms with Crippen LogP contribution in [-0.2, 0) is 6.42 Å². The molecule has 0 saturated carbocycles. The minimum absolute atomic E-state index is 0.0947. The maximum atomic E-state index is 13.4. The molecule has 1 amide bonds. The predicted octanol–water partition coefficient (Wildman–Crippen LogP) is 4.21. The summed E-state index contributed by atoms with van der Waals surface area (Å²) in [4.78, 5) is 22.8. The number of nitrogens with zero attached hydrogens (tertiary/aromatic N) is 4. The van der Waals surface area contributed by atoms with Crippen molar-refractivity contribution in [3.05, 3.63) is 89.5 Å². The summed E-state index contributed by atoms with van der Waals surface area (Å²) in [7, 11) is 0. The van der Waals surface area contributed by atoms with Crippen molar-refractivity contribution in [2.75, 3.05) is 5.73 Å². The summed E-state index contributed by atoms with van der Waals surface area (Å²) in [6.45, 7) is 1.95. The summed E-state index contributed by atoms with van der Waals surface area (Å²) in [5.74, 6) is -0.772. The third kappa shape index (κ3) is 4.92. The number of anilines is 1. The molecule has 5 rings (SSSR count). The Labute approximate surface area is 212 Å². The zero-order valence-corrected chi connectivity index (χ0v) is 20.2. The predicted molar refractivity (Wildman–Crippen MR) is 144 cm³/mol. The Kier molecular flexibility index (Phi) is 6.42. The van der Waals surface area contributed by atoms with Gasteiger partial charge in [0.2, 0.25) is 0 Å². The molecule has 0 radical (unpaired) electrons. The monoisotopic (exact) mass is 494 g/mol. The maximum absolute atomic E-state index is 13.4. The number of nitrogen functional groups attached to an aromatic ring is 1. The van der Waals surface area contributed by atoms with Gasteiger partial charge >= 0.3 is 0 Å². The molecule has 0 unspecified atom stereocenters. The number of nitrogens with two attached hydrogens (primary N) is 1. The molecule has 0 aliphatic rings. The number of carbonyl (C=O) groups is 1. The molecule has 5 aromatic rings. The van der Waals surface area contributed by atoms with Crippen LogP contribution in [0.3, 0.4) is 0 Å². The number of aromatic nitrogens is 3.